The van der Waals surface area contributed by atoms with Crippen LogP contribution < -0.4 is 5.32 Å². The number of carboxylic acid groups (broad SMARTS) is 1. The third kappa shape index (κ3) is 6.01. The lowest BCUT2D eigenvalue weighted by atomic mass is 10.1. The highest BCUT2D eigenvalue weighted by Crippen LogP contribution is 2.04. The van der Waals surface area contributed by atoms with Crippen LogP contribution in [0.4, 0.5) is 0 Å². The van der Waals surface area contributed by atoms with Gasteiger partial charge in [0.15, 0.2) is 0 Å². The van der Waals surface area contributed by atoms with Gasteiger partial charge in [0.25, 0.3) is 0 Å². The quantitative estimate of drug-likeness (QED) is 0.698. The predicted molar refractivity (Wildman–Crippen MR) is 71.2 cm³/mol. The monoisotopic (exact) mass is 265 g/mol. The van der Waals surface area contributed by atoms with Crippen LogP contribution in [-0.4, -0.2) is 37.2 Å². The first-order chi connectivity index (χ1) is 9.13. The molecule has 1 aromatic rings. The second-order valence-electron chi connectivity index (χ2n) is 4.20. The predicted octanol–water partition coefficient (Wildman–Crippen LogP) is 1.47. The van der Waals surface area contributed by atoms with Crippen molar-refractivity contribution in [3.63, 3.8) is 0 Å². The van der Waals surface area contributed by atoms with E-state index in [-0.39, 0.29) is 11.5 Å². The average Bonchev–Trinajstić information content (AvgIpc) is 2.39. The number of hydrogen-bond acceptors (Lipinski definition) is 3. The van der Waals surface area contributed by atoms with Crippen LogP contribution in [0.5, 0.6) is 0 Å². The molecule has 0 radical (unpaired) electrons. The van der Waals surface area contributed by atoms with Crippen molar-refractivity contribution < 1.29 is 19.4 Å². The summed E-state index contributed by atoms with van der Waals surface area (Å²) < 4.78 is 4.87. The maximum atomic E-state index is 11.4. The van der Waals surface area contributed by atoms with E-state index in [9.17, 15) is 9.59 Å². The van der Waals surface area contributed by atoms with Gasteiger partial charge in [-0.1, -0.05) is 12.1 Å². The van der Waals surface area contributed by atoms with Gasteiger partial charge in [0.2, 0.25) is 5.91 Å². The van der Waals surface area contributed by atoms with E-state index in [2.05, 4.69) is 5.32 Å². The molecule has 0 aliphatic heterocycles. The average molecular weight is 265 g/mol. The number of rotatable bonds is 8. The van der Waals surface area contributed by atoms with E-state index in [0.717, 1.165) is 12.0 Å². The van der Waals surface area contributed by atoms with Crippen LogP contribution in [0.2, 0.25) is 0 Å². The van der Waals surface area contributed by atoms with Crippen molar-refractivity contribution in [1.82, 2.24) is 5.32 Å². The minimum atomic E-state index is -0.932. The van der Waals surface area contributed by atoms with E-state index in [1.807, 2.05) is 0 Å². The molecule has 0 aliphatic rings. The minimum absolute atomic E-state index is 0.0132. The molecule has 104 valence electrons. The Balaban J connectivity index is 2.25. The molecule has 1 rings (SSSR count). The Kier molecular flexibility index (Phi) is 6.60. The maximum Gasteiger partial charge on any atom is 0.335 e. The maximum absolute atomic E-state index is 11.4. The lowest BCUT2D eigenvalue weighted by molar-refractivity contribution is -0.121. The van der Waals surface area contributed by atoms with Gasteiger partial charge in [0.05, 0.1) is 5.56 Å². The molecule has 2 N–H and O–H groups in total. The summed E-state index contributed by atoms with van der Waals surface area (Å²) in [5, 5.41) is 11.6. The molecule has 1 aromatic carbocycles. The van der Waals surface area contributed by atoms with Crippen molar-refractivity contribution in [2.24, 2.45) is 0 Å². The molecule has 0 aromatic heterocycles. The van der Waals surface area contributed by atoms with Gasteiger partial charge in [-0.15, -0.1) is 0 Å². The van der Waals surface area contributed by atoms with E-state index in [1.54, 1.807) is 31.4 Å². The largest absolute Gasteiger partial charge is 0.478 e. The van der Waals surface area contributed by atoms with Gasteiger partial charge < -0.3 is 15.2 Å². The van der Waals surface area contributed by atoms with E-state index in [0.29, 0.717) is 26.0 Å². The molecular weight excluding hydrogens is 246 g/mol. The second-order valence-corrected chi connectivity index (χ2v) is 4.20. The van der Waals surface area contributed by atoms with Gasteiger partial charge in [0, 0.05) is 26.7 Å². The molecule has 0 atom stereocenters. The number of ether oxygens (including phenoxy) is 1. The zero-order valence-electron chi connectivity index (χ0n) is 11.0. The van der Waals surface area contributed by atoms with Crippen molar-refractivity contribution in [3.05, 3.63) is 35.4 Å². The second kappa shape index (κ2) is 8.26. The van der Waals surface area contributed by atoms with E-state index in [1.165, 1.54) is 0 Å². The molecule has 0 bridgehead atoms. The first kappa shape index (κ1) is 15.2. The summed E-state index contributed by atoms with van der Waals surface area (Å²) in [6.45, 7) is 1.14. The van der Waals surface area contributed by atoms with Gasteiger partial charge in [0.1, 0.15) is 0 Å². The summed E-state index contributed by atoms with van der Waals surface area (Å²) in [6.07, 6.45) is 1.87. The van der Waals surface area contributed by atoms with Crippen molar-refractivity contribution in [2.75, 3.05) is 20.3 Å². The number of benzene rings is 1. The molecule has 19 heavy (non-hydrogen) atoms. The summed E-state index contributed by atoms with van der Waals surface area (Å²) in [6, 6.07) is 6.66. The highest BCUT2D eigenvalue weighted by Gasteiger charge is 2.03. The lowest BCUT2D eigenvalue weighted by Crippen LogP contribution is -2.25. The van der Waals surface area contributed by atoms with Crippen LogP contribution in [0.3, 0.4) is 0 Å². The summed E-state index contributed by atoms with van der Waals surface area (Å²) >= 11 is 0. The molecule has 0 spiro atoms. The van der Waals surface area contributed by atoms with Crippen LogP contribution in [0.15, 0.2) is 24.3 Å². The minimum Gasteiger partial charge on any atom is -0.478 e. The Morgan fingerprint density at radius 3 is 2.53 bits per heavy atom. The standard InChI is InChI=1S/C14H19NO4/c1-19-10-2-3-13(16)15-9-8-11-4-6-12(7-5-11)14(17)18/h4-7H,2-3,8-10H2,1H3,(H,15,16)(H,17,18). The zero-order valence-corrected chi connectivity index (χ0v) is 11.0. The Labute approximate surface area is 112 Å². The number of hydrogen-bond donors (Lipinski definition) is 2. The van der Waals surface area contributed by atoms with Gasteiger partial charge in [-0.3, -0.25) is 4.79 Å². The Morgan fingerprint density at radius 2 is 1.95 bits per heavy atom. The molecule has 1 amide bonds. The zero-order chi connectivity index (χ0) is 14.1. The van der Waals surface area contributed by atoms with Crippen molar-refractivity contribution in [2.45, 2.75) is 19.3 Å². The topological polar surface area (TPSA) is 75.6 Å². The van der Waals surface area contributed by atoms with Crippen molar-refractivity contribution >= 4 is 11.9 Å². The van der Waals surface area contributed by atoms with Gasteiger partial charge in [-0.25, -0.2) is 4.79 Å². The van der Waals surface area contributed by atoms with Gasteiger partial charge in [-0.2, -0.15) is 0 Å². The number of nitrogens with one attached hydrogen (secondary N) is 1. The molecule has 0 heterocycles. The number of amides is 1. The highest BCUT2D eigenvalue weighted by atomic mass is 16.5. The molecule has 5 heteroatoms. The Bertz CT molecular complexity index is 414. The molecule has 0 fully saturated rings. The van der Waals surface area contributed by atoms with Crippen LogP contribution in [0, 0.1) is 0 Å². The Morgan fingerprint density at radius 1 is 1.26 bits per heavy atom. The van der Waals surface area contributed by atoms with Crippen LogP contribution in [0.1, 0.15) is 28.8 Å². The fraction of sp³-hybridized carbons (Fsp3) is 0.429. The lowest BCUT2D eigenvalue weighted by Gasteiger charge is -2.05. The highest BCUT2D eigenvalue weighted by molar-refractivity contribution is 5.87. The van der Waals surface area contributed by atoms with E-state index < -0.39 is 5.97 Å². The number of carbonyl (C=O) groups is 2. The molecule has 0 aliphatic carbocycles. The number of carboxylic acids is 1. The van der Waals surface area contributed by atoms with Crippen molar-refractivity contribution in [3.8, 4) is 0 Å². The molecular formula is C14H19NO4. The third-order valence-corrected chi connectivity index (χ3v) is 2.69. The van der Waals surface area contributed by atoms with Gasteiger partial charge in [-0.05, 0) is 30.5 Å². The number of aromatic carboxylic acids is 1. The SMILES string of the molecule is COCCCC(=O)NCCc1ccc(C(=O)O)cc1. The fourth-order valence-corrected chi connectivity index (χ4v) is 1.63. The van der Waals surface area contributed by atoms with E-state index >= 15 is 0 Å². The summed E-state index contributed by atoms with van der Waals surface area (Å²) in [7, 11) is 1.61. The molecule has 0 saturated carbocycles. The first-order valence-corrected chi connectivity index (χ1v) is 6.21. The molecule has 0 unspecified atom stereocenters. The van der Waals surface area contributed by atoms with Crippen LogP contribution in [0.25, 0.3) is 0 Å². The summed E-state index contributed by atoms with van der Waals surface area (Å²) in [4.78, 5) is 22.1. The number of carbonyl (C=O) groups excluding carboxylic acids is 1. The first-order valence-electron chi connectivity index (χ1n) is 6.21. The summed E-state index contributed by atoms with van der Waals surface area (Å²) in [5.41, 5.74) is 1.27. The normalized spacial score (nSPS) is 10.2. The number of methoxy groups -OCH3 is 1. The molecule has 0 saturated heterocycles. The van der Waals surface area contributed by atoms with Crippen LogP contribution >= 0.6 is 0 Å². The fourth-order valence-electron chi connectivity index (χ4n) is 1.63. The smallest absolute Gasteiger partial charge is 0.335 e. The van der Waals surface area contributed by atoms with Crippen LogP contribution in [-0.2, 0) is 16.0 Å². The van der Waals surface area contributed by atoms with Gasteiger partial charge >= 0.3 is 5.97 Å². The third-order valence-electron chi connectivity index (χ3n) is 2.69. The molecule has 5 nitrogen and oxygen atoms in total. The Hall–Kier alpha value is -1.88. The van der Waals surface area contributed by atoms with E-state index in [4.69, 9.17) is 9.84 Å². The van der Waals surface area contributed by atoms with Crippen molar-refractivity contribution in [1.29, 1.82) is 0 Å². The summed E-state index contributed by atoms with van der Waals surface area (Å²) in [5.74, 6) is -0.919.